The molecule has 6 heteroatoms. The fraction of sp³-hybridized carbons (Fsp3) is 0.190. The molecule has 0 spiro atoms. The number of hydrogen-bond acceptors (Lipinski definition) is 4. The van der Waals surface area contributed by atoms with E-state index in [1.54, 1.807) is 11.3 Å². The van der Waals surface area contributed by atoms with Crippen molar-refractivity contribution in [3.05, 3.63) is 60.7 Å². The number of carboxylic acid groups (broad SMARTS) is 1. The lowest BCUT2D eigenvalue weighted by Crippen LogP contribution is -2.34. The summed E-state index contributed by atoms with van der Waals surface area (Å²) in [6, 6.07) is 15.5. The second kappa shape index (κ2) is 7.32. The Morgan fingerprint density at radius 2 is 1.70 bits per heavy atom. The van der Waals surface area contributed by atoms with Crippen LogP contribution in [0.3, 0.4) is 0 Å². The number of allylic oxidation sites excluding steroid dienone is 2. The van der Waals surface area contributed by atoms with Gasteiger partial charge in [0.15, 0.2) is 0 Å². The highest BCUT2D eigenvalue weighted by Gasteiger charge is 2.33. The van der Waals surface area contributed by atoms with Crippen LogP contribution in [0, 0.1) is 11.8 Å². The number of rotatable bonds is 4. The van der Waals surface area contributed by atoms with Crippen molar-refractivity contribution in [3.63, 3.8) is 0 Å². The Hall–Kier alpha value is -2.99. The molecule has 2 unspecified atom stereocenters. The lowest BCUT2D eigenvalue weighted by molar-refractivity contribution is -0.146. The zero-order valence-electron chi connectivity index (χ0n) is 14.5. The second-order valence-corrected chi connectivity index (χ2v) is 7.58. The number of thiazole rings is 1. The van der Waals surface area contributed by atoms with Gasteiger partial charge in [0.1, 0.15) is 5.01 Å². The van der Waals surface area contributed by atoms with Gasteiger partial charge in [0, 0.05) is 11.3 Å². The van der Waals surface area contributed by atoms with E-state index >= 15 is 0 Å². The minimum absolute atomic E-state index is 0.250. The van der Waals surface area contributed by atoms with E-state index in [0.717, 1.165) is 20.8 Å². The lowest BCUT2D eigenvalue weighted by Gasteiger charge is -2.24. The molecule has 0 radical (unpaired) electrons. The number of carbonyl (C=O) groups is 2. The van der Waals surface area contributed by atoms with Gasteiger partial charge in [0.25, 0.3) is 0 Å². The molecule has 136 valence electrons. The first-order valence-corrected chi connectivity index (χ1v) is 9.58. The summed E-state index contributed by atoms with van der Waals surface area (Å²) < 4.78 is 1.13. The predicted octanol–water partition coefficient (Wildman–Crippen LogP) is 4.57. The highest BCUT2D eigenvalue weighted by Crippen LogP contribution is 2.31. The Morgan fingerprint density at radius 3 is 2.41 bits per heavy atom. The first kappa shape index (κ1) is 17.4. The Morgan fingerprint density at radius 1 is 1.00 bits per heavy atom. The van der Waals surface area contributed by atoms with Gasteiger partial charge in [-0.05, 0) is 49.2 Å². The van der Waals surface area contributed by atoms with Gasteiger partial charge in [-0.3, -0.25) is 9.59 Å². The van der Waals surface area contributed by atoms with E-state index < -0.39 is 17.8 Å². The molecule has 0 saturated heterocycles. The van der Waals surface area contributed by atoms with Gasteiger partial charge in [-0.2, -0.15) is 0 Å². The van der Waals surface area contributed by atoms with Crippen LogP contribution in [0.1, 0.15) is 12.8 Å². The number of nitrogens with one attached hydrogen (secondary N) is 1. The molecule has 1 aromatic heterocycles. The van der Waals surface area contributed by atoms with Crippen LogP contribution in [0.4, 0.5) is 5.69 Å². The molecule has 4 rings (SSSR count). The predicted molar refractivity (Wildman–Crippen MR) is 107 cm³/mol. The first-order chi connectivity index (χ1) is 13.1. The van der Waals surface area contributed by atoms with Crippen LogP contribution in [0.25, 0.3) is 20.8 Å². The minimum atomic E-state index is -0.925. The van der Waals surface area contributed by atoms with E-state index in [-0.39, 0.29) is 5.91 Å². The molecule has 2 N–H and O–H groups in total. The summed E-state index contributed by atoms with van der Waals surface area (Å²) in [4.78, 5) is 28.5. The molecule has 2 atom stereocenters. The third-order valence-corrected chi connectivity index (χ3v) is 5.87. The van der Waals surface area contributed by atoms with Gasteiger partial charge in [-0.15, -0.1) is 11.3 Å². The number of para-hydroxylation sites is 1. The van der Waals surface area contributed by atoms with E-state index in [0.29, 0.717) is 18.5 Å². The van der Waals surface area contributed by atoms with Crippen LogP contribution in [0.15, 0.2) is 60.7 Å². The number of fused-ring (bicyclic) bond motifs is 1. The number of aliphatic carboxylic acids is 1. The van der Waals surface area contributed by atoms with E-state index in [1.165, 1.54) is 0 Å². The Kier molecular flexibility index (Phi) is 4.73. The summed E-state index contributed by atoms with van der Waals surface area (Å²) in [5.74, 6) is -2.39. The summed E-state index contributed by atoms with van der Waals surface area (Å²) in [6.07, 6.45) is 4.55. The SMILES string of the molecule is O=C(O)C1CC=CCC1C(=O)Nc1ccc(-c2nc3ccccc3s2)cc1. The third-order valence-electron chi connectivity index (χ3n) is 4.78. The van der Waals surface area contributed by atoms with Gasteiger partial charge in [0.2, 0.25) is 5.91 Å². The summed E-state index contributed by atoms with van der Waals surface area (Å²) in [5, 5.41) is 13.1. The molecule has 0 bridgehead atoms. The number of carboxylic acids is 1. The van der Waals surface area contributed by atoms with Crippen molar-refractivity contribution < 1.29 is 14.7 Å². The number of aromatic nitrogens is 1. The Bertz CT molecular complexity index is 990. The van der Waals surface area contributed by atoms with E-state index in [1.807, 2.05) is 60.7 Å². The summed E-state index contributed by atoms with van der Waals surface area (Å²) >= 11 is 1.63. The smallest absolute Gasteiger partial charge is 0.307 e. The maximum absolute atomic E-state index is 12.5. The molecule has 0 aliphatic heterocycles. The Labute approximate surface area is 160 Å². The fourth-order valence-electron chi connectivity index (χ4n) is 3.30. The van der Waals surface area contributed by atoms with Crippen LogP contribution >= 0.6 is 11.3 Å². The molecular weight excluding hydrogens is 360 g/mol. The molecular formula is C21H18N2O3S. The van der Waals surface area contributed by atoms with Crippen molar-refractivity contribution in [1.29, 1.82) is 0 Å². The van der Waals surface area contributed by atoms with Crippen molar-refractivity contribution in [2.75, 3.05) is 5.32 Å². The number of amides is 1. The fourth-order valence-corrected chi connectivity index (χ4v) is 4.27. The normalized spacial score (nSPS) is 19.1. The summed E-state index contributed by atoms with van der Waals surface area (Å²) in [7, 11) is 0. The summed E-state index contributed by atoms with van der Waals surface area (Å²) in [5.41, 5.74) is 2.61. The molecule has 3 aromatic rings. The number of hydrogen-bond donors (Lipinski definition) is 2. The second-order valence-electron chi connectivity index (χ2n) is 6.55. The van der Waals surface area contributed by atoms with Crippen LogP contribution in [-0.4, -0.2) is 22.0 Å². The molecule has 27 heavy (non-hydrogen) atoms. The highest BCUT2D eigenvalue weighted by atomic mass is 32.1. The molecule has 1 amide bonds. The van der Waals surface area contributed by atoms with Gasteiger partial charge in [-0.1, -0.05) is 24.3 Å². The van der Waals surface area contributed by atoms with Gasteiger partial charge >= 0.3 is 5.97 Å². The average molecular weight is 378 g/mol. The van der Waals surface area contributed by atoms with Crippen molar-refractivity contribution >= 4 is 39.1 Å². The van der Waals surface area contributed by atoms with Crippen molar-refractivity contribution in [2.45, 2.75) is 12.8 Å². The van der Waals surface area contributed by atoms with Crippen LogP contribution in [-0.2, 0) is 9.59 Å². The molecule has 5 nitrogen and oxygen atoms in total. The third kappa shape index (κ3) is 3.61. The van der Waals surface area contributed by atoms with Gasteiger partial charge in [0.05, 0.1) is 22.1 Å². The standard InChI is InChI=1S/C21H18N2O3S/c24-19(15-5-1-2-6-16(15)21(25)26)22-14-11-9-13(10-12-14)20-23-17-7-3-4-8-18(17)27-20/h1-4,7-12,15-16H,5-6H2,(H,22,24)(H,25,26). The van der Waals surface area contributed by atoms with Crippen LogP contribution < -0.4 is 5.32 Å². The topological polar surface area (TPSA) is 79.3 Å². The van der Waals surface area contributed by atoms with Crippen molar-refractivity contribution in [3.8, 4) is 10.6 Å². The molecule has 0 saturated carbocycles. The van der Waals surface area contributed by atoms with Crippen molar-refractivity contribution in [2.24, 2.45) is 11.8 Å². The average Bonchev–Trinajstić information content (AvgIpc) is 3.12. The zero-order valence-corrected chi connectivity index (χ0v) is 15.3. The highest BCUT2D eigenvalue weighted by molar-refractivity contribution is 7.21. The number of nitrogens with zero attached hydrogens (tertiary/aromatic N) is 1. The monoisotopic (exact) mass is 378 g/mol. The number of benzene rings is 2. The molecule has 1 aliphatic carbocycles. The van der Waals surface area contributed by atoms with Crippen LogP contribution in [0.5, 0.6) is 0 Å². The van der Waals surface area contributed by atoms with E-state index in [9.17, 15) is 14.7 Å². The van der Waals surface area contributed by atoms with Gasteiger partial charge in [-0.25, -0.2) is 4.98 Å². The number of carbonyl (C=O) groups excluding carboxylic acids is 1. The van der Waals surface area contributed by atoms with Crippen LogP contribution in [0.2, 0.25) is 0 Å². The van der Waals surface area contributed by atoms with E-state index in [2.05, 4.69) is 10.3 Å². The lowest BCUT2D eigenvalue weighted by atomic mass is 9.82. The minimum Gasteiger partial charge on any atom is -0.481 e. The summed E-state index contributed by atoms with van der Waals surface area (Å²) in [6.45, 7) is 0. The largest absolute Gasteiger partial charge is 0.481 e. The number of anilines is 1. The maximum Gasteiger partial charge on any atom is 0.307 e. The van der Waals surface area contributed by atoms with E-state index in [4.69, 9.17) is 0 Å². The first-order valence-electron chi connectivity index (χ1n) is 8.76. The molecule has 1 aliphatic rings. The maximum atomic E-state index is 12.5. The quantitative estimate of drug-likeness (QED) is 0.652. The molecule has 2 aromatic carbocycles. The zero-order chi connectivity index (χ0) is 18.8. The van der Waals surface area contributed by atoms with Gasteiger partial charge < -0.3 is 10.4 Å². The molecule has 0 fully saturated rings. The Balaban J connectivity index is 1.49. The van der Waals surface area contributed by atoms with Crippen molar-refractivity contribution in [1.82, 2.24) is 4.98 Å². The molecule has 1 heterocycles.